The first-order valence-electron chi connectivity index (χ1n) is 8.25. The number of halogens is 1. The minimum absolute atomic E-state index is 0.0192. The summed E-state index contributed by atoms with van der Waals surface area (Å²) in [5, 5.41) is 14.0. The van der Waals surface area contributed by atoms with Gasteiger partial charge in [0.1, 0.15) is 12.0 Å². The average molecular weight is 436 g/mol. The van der Waals surface area contributed by atoms with Crippen LogP contribution in [0.3, 0.4) is 0 Å². The number of primary amides is 1. The van der Waals surface area contributed by atoms with E-state index < -0.39 is 10.8 Å². The first-order valence-corrected chi connectivity index (χ1v) is 9.04. The largest absolute Gasteiger partial charge is 0.378 e. The molecule has 0 saturated carbocycles. The van der Waals surface area contributed by atoms with Gasteiger partial charge in [-0.3, -0.25) is 14.9 Å². The van der Waals surface area contributed by atoms with Crippen LogP contribution in [0.15, 0.2) is 34.9 Å². The van der Waals surface area contributed by atoms with Gasteiger partial charge in [0.25, 0.3) is 11.6 Å². The highest BCUT2D eigenvalue weighted by atomic mass is 79.9. The first kappa shape index (κ1) is 19.1. The molecule has 1 saturated heterocycles. The molecule has 0 unspecified atom stereocenters. The van der Waals surface area contributed by atoms with Gasteiger partial charge in [-0.25, -0.2) is 4.98 Å². The number of anilines is 2. The van der Waals surface area contributed by atoms with Crippen LogP contribution in [0, 0.1) is 10.1 Å². The molecule has 142 valence electrons. The van der Waals surface area contributed by atoms with Crippen LogP contribution in [0.25, 0.3) is 0 Å². The first-order chi connectivity index (χ1) is 13.0. The van der Waals surface area contributed by atoms with Gasteiger partial charge in [0.2, 0.25) is 0 Å². The Balaban J connectivity index is 1.84. The van der Waals surface area contributed by atoms with Crippen molar-refractivity contribution in [1.29, 1.82) is 0 Å². The Bertz CT molecular complexity index is 870. The van der Waals surface area contributed by atoms with Crippen molar-refractivity contribution in [1.82, 2.24) is 4.98 Å². The second-order valence-corrected chi connectivity index (χ2v) is 6.85. The van der Waals surface area contributed by atoms with Crippen LogP contribution >= 0.6 is 15.9 Å². The number of ether oxygens (including phenoxy) is 1. The number of aromatic nitrogens is 1. The fourth-order valence-corrected chi connectivity index (χ4v) is 3.20. The summed E-state index contributed by atoms with van der Waals surface area (Å²) < 4.78 is 6.37. The zero-order valence-corrected chi connectivity index (χ0v) is 15.9. The van der Waals surface area contributed by atoms with Crippen LogP contribution in [0.5, 0.6) is 0 Å². The van der Waals surface area contributed by atoms with Crippen molar-refractivity contribution >= 4 is 39.0 Å². The number of hydrogen-bond acceptors (Lipinski definition) is 7. The number of pyridine rings is 1. The summed E-state index contributed by atoms with van der Waals surface area (Å²) in [4.78, 5) is 28.2. The lowest BCUT2D eigenvalue weighted by Crippen LogP contribution is -2.37. The van der Waals surface area contributed by atoms with E-state index >= 15 is 0 Å². The number of amides is 1. The number of nitrogens with two attached hydrogens (primary N) is 1. The van der Waals surface area contributed by atoms with E-state index in [0.29, 0.717) is 19.8 Å². The van der Waals surface area contributed by atoms with Gasteiger partial charge in [-0.05, 0) is 17.7 Å². The molecule has 27 heavy (non-hydrogen) atoms. The predicted octanol–water partition coefficient (Wildman–Crippen LogP) is 2.30. The standard InChI is InChI=1S/C17H18BrN5O4/c18-12-2-1-11(15(7-12)22-3-5-27-6-4-22)9-20-17-14(16(19)24)8-13(10-21-17)23(25)26/h1-2,7-8,10H,3-6,9H2,(H2,19,24)(H,20,21). The minimum atomic E-state index is -0.780. The molecule has 3 rings (SSSR count). The summed E-state index contributed by atoms with van der Waals surface area (Å²) in [6.07, 6.45) is 1.10. The summed E-state index contributed by atoms with van der Waals surface area (Å²) in [6, 6.07) is 7.05. The molecule has 1 aromatic carbocycles. The summed E-state index contributed by atoms with van der Waals surface area (Å²) in [5.41, 5.74) is 7.09. The van der Waals surface area contributed by atoms with Crippen molar-refractivity contribution in [3.63, 3.8) is 0 Å². The van der Waals surface area contributed by atoms with Crippen LogP contribution in [-0.2, 0) is 11.3 Å². The molecule has 2 aromatic rings. The Morgan fingerprint density at radius 1 is 1.37 bits per heavy atom. The zero-order chi connectivity index (χ0) is 19.4. The molecule has 0 aliphatic carbocycles. The van der Waals surface area contributed by atoms with Crippen LogP contribution in [-0.4, -0.2) is 42.1 Å². The van der Waals surface area contributed by atoms with Crippen molar-refractivity contribution in [2.24, 2.45) is 5.73 Å². The number of hydrogen-bond donors (Lipinski definition) is 2. The molecule has 10 heteroatoms. The fourth-order valence-electron chi connectivity index (χ4n) is 2.85. The molecule has 0 bridgehead atoms. The number of nitrogens with one attached hydrogen (secondary N) is 1. The third-order valence-corrected chi connectivity index (χ3v) is 4.69. The van der Waals surface area contributed by atoms with Crippen LogP contribution in [0.1, 0.15) is 15.9 Å². The second-order valence-electron chi connectivity index (χ2n) is 5.94. The molecular formula is C17H18BrN5O4. The van der Waals surface area contributed by atoms with E-state index in [9.17, 15) is 14.9 Å². The van der Waals surface area contributed by atoms with Gasteiger partial charge < -0.3 is 20.7 Å². The van der Waals surface area contributed by atoms with Crippen molar-refractivity contribution < 1.29 is 14.5 Å². The van der Waals surface area contributed by atoms with Gasteiger partial charge >= 0.3 is 0 Å². The molecule has 2 heterocycles. The molecule has 1 aliphatic rings. The average Bonchev–Trinajstić information content (AvgIpc) is 2.67. The van der Waals surface area contributed by atoms with Crippen molar-refractivity contribution in [3.8, 4) is 0 Å². The Kier molecular flexibility index (Phi) is 5.87. The van der Waals surface area contributed by atoms with Crippen molar-refractivity contribution in [3.05, 3.63) is 56.2 Å². The van der Waals surface area contributed by atoms with Gasteiger partial charge in [0, 0.05) is 35.9 Å². The maximum atomic E-state index is 11.7. The molecule has 0 atom stereocenters. The number of nitrogens with zero attached hydrogens (tertiary/aromatic N) is 3. The molecule has 0 spiro atoms. The Labute approximate surface area is 163 Å². The number of morpholine rings is 1. The normalized spacial score (nSPS) is 14.0. The maximum absolute atomic E-state index is 11.7. The molecule has 1 aliphatic heterocycles. The van der Waals surface area contributed by atoms with E-state index in [0.717, 1.165) is 41.1 Å². The second kappa shape index (κ2) is 8.31. The molecule has 1 fully saturated rings. The molecular weight excluding hydrogens is 418 g/mol. The van der Waals surface area contributed by atoms with Crippen LogP contribution < -0.4 is 16.0 Å². The number of carbonyl (C=O) groups excluding carboxylic acids is 1. The highest BCUT2D eigenvalue weighted by molar-refractivity contribution is 9.10. The minimum Gasteiger partial charge on any atom is -0.378 e. The van der Waals surface area contributed by atoms with E-state index in [-0.39, 0.29) is 17.1 Å². The fraction of sp³-hybridized carbons (Fsp3) is 0.294. The Morgan fingerprint density at radius 2 is 2.11 bits per heavy atom. The van der Waals surface area contributed by atoms with E-state index in [2.05, 4.69) is 31.1 Å². The van der Waals surface area contributed by atoms with Crippen molar-refractivity contribution in [2.75, 3.05) is 36.5 Å². The lowest BCUT2D eigenvalue weighted by Gasteiger charge is -2.31. The highest BCUT2D eigenvalue weighted by Crippen LogP contribution is 2.27. The molecule has 3 N–H and O–H groups in total. The summed E-state index contributed by atoms with van der Waals surface area (Å²) in [6.45, 7) is 3.27. The van der Waals surface area contributed by atoms with Gasteiger partial charge in [0.05, 0.1) is 23.7 Å². The van der Waals surface area contributed by atoms with Crippen LogP contribution in [0.4, 0.5) is 17.2 Å². The van der Waals surface area contributed by atoms with Gasteiger partial charge in [0.15, 0.2) is 0 Å². The number of carbonyl (C=O) groups is 1. The lowest BCUT2D eigenvalue weighted by atomic mass is 10.1. The van der Waals surface area contributed by atoms with E-state index in [1.54, 1.807) is 0 Å². The van der Waals surface area contributed by atoms with E-state index in [4.69, 9.17) is 10.5 Å². The SMILES string of the molecule is NC(=O)c1cc([N+](=O)[O-])cnc1NCc1ccc(Br)cc1N1CCOCC1. The third-order valence-electron chi connectivity index (χ3n) is 4.19. The molecule has 9 nitrogen and oxygen atoms in total. The third kappa shape index (κ3) is 4.52. The highest BCUT2D eigenvalue weighted by Gasteiger charge is 2.18. The monoisotopic (exact) mass is 435 g/mol. The predicted molar refractivity (Wildman–Crippen MR) is 104 cm³/mol. The maximum Gasteiger partial charge on any atom is 0.288 e. The zero-order valence-electron chi connectivity index (χ0n) is 14.4. The number of rotatable bonds is 6. The Hall–Kier alpha value is -2.72. The molecule has 0 radical (unpaired) electrons. The summed E-state index contributed by atoms with van der Waals surface area (Å²) in [7, 11) is 0. The van der Waals surface area contributed by atoms with E-state index in [1.807, 2.05) is 18.2 Å². The van der Waals surface area contributed by atoms with Crippen molar-refractivity contribution in [2.45, 2.75) is 6.54 Å². The topological polar surface area (TPSA) is 124 Å². The summed E-state index contributed by atoms with van der Waals surface area (Å²) >= 11 is 3.50. The van der Waals surface area contributed by atoms with Gasteiger partial charge in [-0.15, -0.1) is 0 Å². The molecule has 1 aromatic heterocycles. The van der Waals surface area contributed by atoms with E-state index in [1.165, 1.54) is 0 Å². The summed E-state index contributed by atoms with van der Waals surface area (Å²) in [5.74, 6) is -0.568. The quantitative estimate of drug-likeness (QED) is 0.526. The van der Waals surface area contributed by atoms with Crippen LogP contribution in [0.2, 0.25) is 0 Å². The number of nitro groups is 1. The smallest absolute Gasteiger partial charge is 0.288 e. The number of benzene rings is 1. The van der Waals surface area contributed by atoms with Gasteiger partial charge in [-0.2, -0.15) is 0 Å². The van der Waals surface area contributed by atoms with Gasteiger partial charge in [-0.1, -0.05) is 22.0 Å². The molecule has 1 amide bonds. The Morgan fingerprint density at radius 3 is 2.78 bits per heavy atom. The lowest BCUT2D eigenvalue weighted by molar-refractivity contribution is -0.385.